The molecule has 2 aromatic heterocycles. The zero-order valence-corrected chi connectivity index (χ0v) is 20.9. The van der Waals surface area contributed by atoms with E-state index in [9.17, 15) is 9.90 Å². The molecule has 5 rings (SSSR count). The number of ether oxygens (including phenoxy) is 4. The van der Waals surface area contributed by atoms with Gasteiger partial charge < -0.3 is 29.4 Å². The van der Waals surface area contributed by atoms with E-state index in [-0.39, 0.29) is 24.0 Å². The lowest BCUT2D eigenvalue weighted by Crippen LogP contribution is -2.34. The van der Waals surface area contributed by atoms with Crippen molar-refractivity contribution in [3.63, 3.8) is 0 Å². The van der Waals surface area contributed by atoms with Gasteiger partial charge in [-0.1, -0.05) is 20.8 Å². The van der Waals surface area contributed by atoms with Crippen molar-refractivity contribution in [3.05, 3.63) is 12.7 Å². The molecular formula is C24H35N5O6. The molecule has 11 heteroatoms. The van der Waals surface area contributed by atoms with Crippen molar-refractivity contribution in [1.82, 2.24) is 19.5 Å². The van der Waals surface area contributed by atoms with Crippen molar-refractivity contribution in [3.8, 4) is 0 Å². The van der Waals surface area contributed by atoms with Crippen LogP contribution in [0.3, 0.4) is 0 Å². The van der Waals surface area contributed by atoms with Crippen LogP contribution >= 0.6 is 0 Å². The first kappa shape index (κ1) is 24.4. The van der Waals surface area contributed by atoms with Gasteiger partial charge in [0.2, 0.25) is 0 Å². The lowest BCUT2D eigenvalue weighted by Gasteiger charge is -2.25. The molecular weight excluding hydrogens is 454 g/mol. The van der Waals surface area contributed by atoms with Crippen molar-refractivity contribution in [1.29, 1.82) is 0 Å². The summed E-state index contributed by atoms with van der Waals surface area (Å²) in [5, 5.41) is 13.5. The van der Waals surface area contributed by atoms with Crippen molar-refractivity contribution < 1.29 is 28.8 Å². The molecule has 1 saturated carbocycles. The van der Waals surface area contributed by atoms with Crippen molar-refractivity contribution in [2.75, 3.05) is 11.9 Å². The number of esters is 1. The molecule has 3 aliphatic rings. The maximum atomic E-state index is 12.3. The van der Waals surface area contributed by atoms with Crippen LogP contribution in [-0.4, -0.2) is 73.4 Å². The Labute approximate surface area is 204 Å². The molecule has 0 aromatic carbocycles. The van der Waals surface area contributed by atoms with Crippen LogP contribution in [0.1, 0.15) is 66.5 Å². The van der Waals surface area contributed by atoms with Gasteiger partial charge >= 0.3 is 5.97 Å². The summed E-state index contributed by atoms with van der Waals surface area (Å²) in [6.07, 6.45) is 3.72. The van der Waals surface area contributed by atoms with E-state index in [1.807, 2.05) is 39.2 Å². The van der Waals surface area contributed by atoms with Gasteiger partial charge in [0.05, 0.1) is 24.9 Å². The fourth-order valence-electron chi connectivity index (χ4n) is 5.10. The number of hydrogen-bond donors (Lipinski definition) is 2. The molecule has 6 atom stereocenters. The summed E-state index contributed by atoms with van der Waals surface area (Å²) in [6, 6.07) is -0.0649. The van der Waals surface area contributed by atoms with Crippen LogP contribution in [0.15, 0.2) is 12.7 Å². The fourth-order valence-corrected chi connectivity index (χ4v) is 5.10. The largest absolute Gasteiger partial charge is 0.463 e. The minimum atomic E-state index is -0.804. The van der Waals surface area contributed by atoms with Crippen LogP contribution < -0.4 is 5.32 Å². The highest BCUT2D eigenvalue weighted by atomic mass is 16.8. The van der Waals surface area contributed by atoms with Crippen LogP contribution in [0.4, 0.5) is 5.82 Å². The first-order valence-corrected chi connectivity index (χ1v) is 12.3. The number of carbonyl (C=O) groups is 1. The summed E-state index contributed by atoms with van der Waals surface area (Å²) in [5.41, 5.74) is 1.01. The van der Waals surface area contributed by atoms with Gasteiger partial charge in [-0.3, -0.25) is 9.36 Å². The first-order valence-electron chi connectivity index (χ1n) is 12.3. The number of nitrogens with one attached hydrogen (secondary N) is 1. The molecule has 2 N–H and O–H groups in total. The second kappa shape index (κ2) is 8.95. The Balaban J connectivity index is 1.37. The Hall–Kier alpha value is -2.34. The molecule has 2 aliphatic heterocycles. The number of fused-ring (bicyclic) bond motifs is 2. The Morgan fingerprint density at radius 1 is 1.23 bits per heavy atom. The number of aliphatic hydroxyl groups is 1. The summed E-state index contributed by atoms with van der Waals surface area (Å²) < 4.78 is 26.0. The zero-order valence-electron chi connectivity index (χ0n) is 20.9. The van der Waals surface area contributed by atoms with E-state index in [4.69, 9.17) is 18.9 Å². The lowest BCUT2D eigenvalue weighted by atomic mass is 9.92. The summed E-state index contributed by atoms with van der Waals surface area (Å²) in [7, 11) is 0. The van der Waals surface area contributed by atoms with Gasteiger partial charge in [-0.15, -0.1) is 0 Å². The molecule has 0 spiro atoms. The maximum Gasteiger partial charge on any atom is 0.306 e. The van der Waals surface area contributed by atoms with Crippen LogP contribution in [0.5, 0.6) is 0 Å². The molecule has 0 radical (unpaired) electrons. The molecule has 4 heterocycles. The van der Waals surface area contributed by atoms with E-state index >= 15 is 0 Å². The number of aromatic nitrogens is 4. The molecule has 1 aliphatic carbocycles. The van der Waals surface area contributed by atoms with Crippen molar-refractivity contribution >= 4 is 23.0 Å². The molecule has 0 amide bonds. The molecule has 0 bridgehead atoms. The number of nitrogens with zero attached hydrogens (tertiary/aromatic N) is 4. The van der Waals surface area contributed by atoms with E-state index < -0.39 is 36.4 Å². The number of aliphatic hydroxyl groups excluding tert-OH is 1. The number of imidazole rings is 1. The minimum Gasteiger partial charge on any atom is -0.463 e. The SMILES string of the molecule is CC(C)(C)CC(=O)OC[C@H]1O[C@@H](n2cnc3c(N[C@H]4CCC[C@@H]4O)ncnc32)[C@@H]2OC(C)(C)O[C@@H]21. The Morgan fingerprint density at radius 2 is 2.00 bits per heavy atom. The summed E-state index contributed by atoms with van der Waals surface area (Å²) >= 11 is 0. The second-order valence-electron chi connectivity index (χ2n) is 11.3. The molecule has 3 fully saturated rings. The number of carbonyl (C=O) groups excluding carboxylic acids is 1. The second-order valence-corrected chi connectivity index (χ2v) is 11.3. The zero-order chi connectivity index (χ0) is 25.0. The molecule has 2 saturated heterocycles. The van der Waals surface area contributed by atoms with Gasteiger partial charge in [-0.2, -0.15) is 0 Å². The third-order valence-corrected chi connectivity index (χ3v) is 6.64. The van der Waals surface area contributed by atoms with E-state index in [1.165, 1.54) is 6.33 Å². The highest BCUT2D eigenvalue weighted by Crippen LogP contribution is 2.44. The molecule has 0 unspecified atom stereocenters. The van der Waals surface area contributed by atoms with Crippen molar-refractivity contribution in [2.24, 2.45) is 5.41 Å². The average molecular weight is 490 g/mol. The van der Waals surface area contributed by atoms with Gasteiger partial charge in [0.1, 0.15) is 31.2 Å². The van der Waals surface area contributed by atoms with E-state index in [2.05, 4.69) is 20.3 Å². The maximum absolute atomic E-state index is 12.3. The van der Waals surface area contributed by atoms with E-state index in [0.717, 1.165) is 19.3 Å². The summed E-state index contributed by atoms with van der Waals surface area (Å²) in [6.45, 7) is 9.75. The lowest BCUT2D eigenvalue weighted by molar-refractivity contribution is -0.202. The average Bonchev–Trinajstić information content (AvgIpc) is 3.49. The van der Waals surface area contributed by atoms with Gasteiger partial charge in [0.15, 0.2) is 29.0 Å². The standard InChI is InChI=1S/C24H35N5O6/c1-23(2,3)9-16(31)32-10-15-18-19(35-24(4,5)34-18)22(33-15)29-12-27-17-20(25-11-26-21(17)29)28-13-7-6-8-14(13)30/h11-15,18-19,22,30H,6-10H2,1-5H3,(H,25,26,28)/t13-,14-,15+,18+,19+,22+/m0/s1. The van der Waals surface area contributed by atoms with Gasteiger partial charge in [0.25, 0.3) is 0 Å². The molecule has 35 heavy (non-hydrogen) atoms. The minimum absolute atomic E-state index is 0.0649. The Kier molecular flexibility index (Phi) is 6.23. The van der Waals surface area contributed by atoms with Crippen LogP contribution in [-0.2, 0) is 23.7 Å². The monoisotopic (exact) mass is 489 g/mol. The summed E-state index contributed by atoms with van der Waals surface area (Å²) in [5.74, 6) is -0.502. The van der Waals surface area contributed by atoms with Crippen molar-refractivity contribution in [2.45, 2.75) is 103 Å². The van der Waals surface area contributed by atoms with Gasteiger partial charge in [-0.25, -0.2) is 15.0 Å². The molecule has 192 valence electrons. The van der Waals surface area contributed by atoms with Gasteiger partial charge in [0, 0.05) is 0 Å². The van der Waals surface area contributed by atoms with Crippen LogP contribution in [0.2, 0.25) is 0 Å². The number of rotatable bonds is 6. The van der Waals surface area contributed by atoms with Crippen LogP contribution in [0.25, 0.3) is 11.2 Å². The van der Waals surface area contributed by atoms with E-state index in [0.29, 0.717) is 23.4 Å². The topological polar surface area (TPSA) is 130 Å². The van der Waals surface area contributed by atoms with Gasteiger partial charge in [-0.05, 0) is 38.5 Å². The third-order valence-electron chi connectivity index (χ3n) is 6.64. The molecule has 11 nitrogen and oxygen atoms in total. The molecule has 2 aromatic rings. The Morgan fingerprint density at radius 3 is 2.71 bits per heavy atom. The number of hydrogen-bond acceptors (Lipinski definition) is 10. The predicted octanol–water partition coefficient (Wildman–Crippen LogP) is 2.55. The quantitative estimate of drug-likeness (QED) is 0.584. The summed E-state index contributed by atoms with van der Waals surface area (Å²) in [4.78, 5) is 25.7. The smallest absolute Gasteiger partial charge is 0.306 e. The van der Waals surface area contributed by atoms with E-state index in [1.54, 1.807) is 6.33 Å². The predicted molar refractivity (Wildman–Crippen MR) is 125 cm³/mol. The fraction of sp³-hybridized carbons (Fsp3) is 0.750. The third kappa shape index (κ3) is 5.00. The normalized spacial score (nSPS) is 32.2. The van der Waals surface area contributed by atoms with Crippen LogP contribution in [0, 0.1) is 5.41 Å². The first-order chi connectivity index (χ1) is 16.5. The highest BCUT2D eigenvalue weighted by Gasteiger charge is 2.56. The number of anilines is 1. The highest BCUT2D eigenvalue weighted by molar-refractivity contribution is 5.83. The Bertz CT molecular complexity index is 1080.